The number of amides is 1. The Balaban J connectivity index is 1.54. The van der Waals surface area contributed by atoms with Crippen molar-refractivity contribution in [3.8, 4) is 0 Å². The topological polar surface area (TPSA) is 71.8 Å². The number of aromatic nitrogens is 3. The second kappa shape index (κ2) is 7.10. The van der Waals surface area contributed by atoms with Crippen molar-refractivity contribution in [2.75, 3.05) is 13.1 Å². The molecule has 1 unspecified atom stereocenters. The molecule has 1 aromatic heterocycles. The highest BCUT2D eigenvalue weighted by Gasteiger charge is 2.15. The molecule has 6 nitrogen and oxygen atoms in total. The van der Waals surface area contributed by atoms with Gasteiger partial charge in [0, 0.05) is 31.7 Å². The Morgan fingerprint density at radius 2 is 2.44 bits per heavy atom. The van der Waals surface area contributed by atoms with Gasteiger partial charge in [-0.2, -0.15) is 0 Å². The number of nitrogens with zero attached hydrogens (tertiary/aromatic N) is 3. The number of piperidine rings is 1. The molecule has 1 fully saturated rings. The van der Waals surface area contributed by atoms with Crippen molar-refractivity contribution in [2.45, 2.75) is 44.7 Å². The predicted octanol–water partition coefficient (Wildman–Crippen LogP) is 0.317. The lowest BCUT2D eigenvalue weighted by Gasteiger charge is -2.22. The molecule has 18 heavy (non-hydrogen) atoms. The SMILES string of the molecule is O=C(CC1CCCCN1)NCCCn1ccnn1. The van der Waals surface area contributed by atoms with E-state index in [1.54, 1.807) is 10.9 Å². The number of nitrogens with one attached hydrogen (secondary N) is 2. The zero-order valence-electron chi connectivity index (χ0n) is 10.6. The molecule has 0 radical (unpaired) electrons. The van der Waals surface area contributed by atoms with Crippen molar-refractivity contribution in [1.82, 2.24) is 25.6 Å². The molecule has 2 N–H and O–H groups in total. The van der Waals surface area contributed by atoms with Crippen LogP contribution in [-0.2, 0) is 11.3 Å². The van der Waals surface area contributed by atoms with Gasteiger partial charge in [0.15, 0.2) is 0 Å². The maximum absolute atomic E-state index is 11.7. The van der Waals surface area contributed by atoms with E-state index in [4.69, 9.17) is 0 Å². The second-order valence-corrected chi connectivity index (χ2v) is 4.72. The summed E-state index contributed by atoms with van der Waals surface area (Å²) in [6.45, 7) is 2.54. The molecular formula is C12H21N5O. The lowest BCUT2D eigenvalue weighted by atomic mass is 10.0. The number of hydrogen-bond donors (Lipinski definition) is 2. The first kappa shape index (κ1) is 13.0. The lowest BCUT2D eigenvalue weighted by Crippen LogP contribution is -2.39. The van der Waals surface area contributed by atoms with Crippen molar-refractivity contribution in [1.29, 1.82) is 0 Å². The smallest absolute Gasteiger partial charge is 0.221 e. The van der Waals surface area contributed by atoms with Crippen molar-refractivity contribution >= 4 is 5.91 Å². The molecule has 6 heteroatoms. The highest BCUT2D eigenvalue weighted by molar-refractivity contribution is 5.76. The number of carbonyl (C=O) groups excluding carboxylic acids is 1. The normalized spacial score (nSPS) is 19.7. The Kier molecular flexibility index (Phi) is 5.14. The number of rotatable bonds is 6. The van der Waals surface area contributed by atoms with Crippen LogP contribution in [0, 0.1) is 0 Å². The summed E-state index contributed by atoms with van der Waals surface area (Å²) in [6, 6.07) is 0.370. The number of hydrogen-bond acceptors (Lipinski definition) is 4. The summed E-state index contributed by atoms with van der Waals surface area (Å²) in [6.07, 6.45) is 8.55. The van der Waals surface area contributed by atoms with Gasteiger partial charge in [0.2, 0.25) is 5.91 Å². The minimum atomic E-state index is 0.146. The Hall–Kier alpha value is -1.43. The van der Waals surface area contributed by atoms with Crippen LogP contribution in [0.25, 0.3) is 0 Å². The molecule has 100 valence electrons. The zero-order valence-corrected chi connectivity index (χ0v) is 10.6. The van der Waals surface area contributed by atoms with E-state index in [0.717, 1.165) is 25.9 Å². The van der Waals surface area contributed by atoms with Crippen LogP contribution in [-0.4, -0.2) is 40.0 Å². The van der Waals surface area contributed by atoms with Gasteiger partial charge in [0.25, 0.3) is 0 Å². The molecule has 0 spiro atoms. The van der Waals surface area contributed by atoms with Gasteiger partial charge >= 0.3 is 0 Å². The van der Waals surface area contributed by atoms with Crippen LogP contribution in [0.3, 0.4) is 0 Å². The van der Waals surface area contributed by atoms with E-state index < -0.39 is 0 Å². The predicted molar refractivity (Wildman–Crippen MR) is 67.9 cm³/mol. The summed E-state index contributed by atoms with van der Waals surface area (Å²) in [7, 11) is 0. The van der Waals surface area contributed by atoms with Gasteiger partial charge in [-0.1, -0.05) is 11.6 Å². The summed E-state index contributed by atoms with van der Waals surface area (Å²) in [4.78, 5) is 11.7. The summed E-state index contributed by atoms with van der Waals surface area (Å²) >= 11 is 0. The average Bonchev–Trinajstić information content (AvgIpc) is 2.89. The third-order valence-electron chi connectivity index (χ3n) is 3.20. The molecule has 2 heterocycles. The fourth-order valence-corrected chi connectivity index (χ4v) is 2.22. The fraction of sp³-hybridized carbons (Fsp3) is 0.750. The van der Waals surface area contributed by atoms with E-state index in [9.17, 15) is 4.79 Å². The standard InChI is InChI=1S/C12H21N5O/c18-12(10-11-4-1-2-5-13-11)14-6-3-8-17-9-7-15-16-17/h7,9,11,13H,1-6,8,10H2,(H,14,18). The monoisotopic (exact) mass is 251 g/mol. The van der Waals surface area contributed by atoms with E-state index in [0.29, 0.717) is 19.0 Å². The number of carbonyl (C=O) groups is 1. The molecule has 1 aliphatic rings. The van der Waals surface area contributed by atoms with Gasteiger partial charge in [-0.3, -0.25) is 9.48 Å². The minimum absolute atomic E-state index is 0.146. The number of aryl methyl sites for hydroxylation is 1. The Morgan fingerprint density at radius 3 is 3.17 bits per heavy atom. The van der Waals surface area contributed by atoms with E-state index in [1.165, 1.54) is 12.8 Å². The Labute approximate surface area is 107 Å². The highest BCUT2D eigenvalue weighted by atomic mass is 16.1. The molecular weight excluding hydrogens is 230 g/mol. The van der Waals surface area contributed by atoms with Crippen LogP contribution >= 0.6 is 0 Å². The average molecular weight is 251 g/mol. The Bertz CT molecular complexity index is 345. The van der Waals surface area contributed by atoms with Gasteiger partial charge in [-0.15, -0.1) is 5.10 Å². The summed E-state index contributed by atoms with van der Waals surface area (Å²) < 4.78 is 1.77. The van der Waals surface area contributed by atoms with Crippen molar-refractivity contribution in [2.24, 2.45) is 0 Å². The van der Waals surface area contributed by atoms with Crippen molar-refractivity contribution in [3.63, 3.8) is 0 Å². The molecule has 0 aromatic carbocycles. The molecule has 1 aromatic rings. The third kappa shape index (κ3) is 4.44. The maximum atomic E-state index is 11.7. The van der Waals surface area contributed by atoms with Gasteiger partial charge < -0.3 is 10.6 Å². The van der Waals surface area contributed by atoms with Gasteiger partial charge in [0.1, 0.15) is 0 Å². The molecule has 1 saturated heterocycles. The summed E-state index contributed by atoms with van der Waals surface area (Å²) in [5.41, 5.74) is 0. The van der Waals surface area contributed by atoms with Crippen molar-refractivity contribution < 1.29 is 4.79 Å². The first-order chi connectivity index (χ1) is 8.84. The van der Waals surface area contributed by atoms with Gasteiger partial charge in [0.05, 0.1) is 6.20 Å². The Morgan fingerprint density at radius 1 is 1.50 bits per heavy atom. The molecule has 1 amide bonds. The van der Waals surface area contributed by atoms with Crippen LogP contribution < -0.4 is 10.6 Å². The lowest BCUT2D eigenvalue weighted by molar-refractivity contribution is -0.121. The third-order valence-corrected chi connectivity index (χ3v) is 3.20. The quantitative estimate of drug-likeness (QED) is 0.714. The van der Waals surface area contributed by atoms with E-state index >= 15 is 0 Å². The first-order valence-electron chi connectivity index (χ1n) is 6.69. The van der Waals surface area contributed by atoms with E-state index in [-0.39, 0.29) is 5.91 Å². The molecule has 0 aliphatic carbocycles. The van der Waals surface area contributed by atoms with Crippen LogP contribution in [0.5, 0.6) is 0 Å². The molecule has 0 bridgehead atoms. The molecule has 1 aliphatic heterocycles. The maximum Gasteiger partial charge on any atom is 0.221 e. The molecule has 0 saturated carbocycles. The zero-order chi connectivity index (χ0) is 12.6. The van der Waals surface area contributed by atoms with E-state index in [2.05, 4.69) is 20.9 Å². The van der Waals surface area contributed by atoms with Crippen molar-refractivity contribution in [3.05, 3.63) is 12.4 Å². The molecule has 2 rings (SSSR count). The van der Waals surface area contributed by atoms with Crippen LogP contribution in [0.1, 0.15) is 32.1 Å². The van der Waals surface area contributed by atoms with Crippen LogP contribution in [0.2, 0.25) is 0 Å². The minimum Gasteiger partial charge on any atom is -0.356 e. The van der Waals surface area contributed by atoms with Gasteiger partial charge in [-0.05, 0) is 25.8 Å². The molecule has 1 atom stereocenters. The first-order valence-corrected chi connectivity index (χ1v) is 6.69. The van der Waals surface area contributed by atoms with Crippen LogP contribution in [0.15, 0.2) is 12.4 Å². The van der Waals surface area contributed by atoms with Gasteiger partial charge in [-0.25, -0.2) is 0 Å². The second-order valence-electron chi connectivity index (χ2n) is 4.72. The van der Waals surface area contributed by atoms with E-state index in [1.807, 2.05) is 6.20 Å². The fourth-order valence-electron chi connectivity index (χ4n) is 2.22. The van der Waals surface area contributed by atoms with Crippen LogP contribution in [0.4, 0.5) is 0 Å². The summed E-state index contributed by atoms with van der Waals surface area (Å²) in [5, 5.41) is 13.9. The largest absolute Gasteiger partial charge is 0.356 e. The summed E-state index contributed by atoms with van der Waals surface area (Å²) in [5.74, 6) is 0.146. The highest BCUT2D eigenvalue weighted by Crippen LogP contribution is 2.09.